The predicted molar refractivity (Wildman–Crippen MR) is 154 cm³/mol. The Hall–Kier alpha value is -2.25. The number of anilines is 1. The molecule has 10 atom stereocenters. The van der Waals surface area contributed by atoms with Crippen LogP contribution in [0.15, 0.2) is 25.3 Å². The number of alkyl halides is 2. The Balaban J connectivity index is 1.17. The van der Waals surface area contributed by atoms with E-state index in [1.165, 1.54) is 34.4 Å². The second-order valence-electron chi connectivity index (χ2n) is 10.5. The van der Waals surface area contributed by atoms with Crippen LogP contribution in [0.2, 0.25) is 0 Å². The molecule has 22 heteroatoms. The molecule has 6 heterocycles. The highest BCUT2D eigenvalue weighted by Gasteiger charge is 2.52. The minimum absolute atomic E-state index is 0.0455. The Kier molecular flexibility index (Phi) is 7.75. The van der Waals surface area contributed by atoms with Crippen LogP contribution < -0.4 is 5.73 Å². The van der Waals surface area contributed by atoms with Gasteiger partial charge in [0.05, 0.1) is 37.6 Å². The fourth-order valence-electron chi connectivity index (χ4n) is 5.79. The van der Waals surface area contributed by atoms with Crippen molar-refractivity contribution in [2.45, 2.75) is 56.3 Å². The summed E-state index contributed by atoms with van der Waals surface area (Å²) >= 11 is 10.3. The van der Waals surface area contributed by atoms with E-state index >= 15 is 8.78 Å². The lowest BCUT2D eigenvalue weighted by atomic mass is 10.1. The van der Waals surface area contributed by atoms with Gasteiger partial charge in [0.25, 0.3) is 0 Å². The van der Waals surface area contributed by atoms with Crippen LogP contribution in [0.4, 0.5) is 14.6 Å². The number of halogens is 2. The molecular formula is C22H24F2N9O7P2S2-. The molecule has 16 nitrogen and oxygen atoms in total. The number of ether oxygens (including phenoxy) is 1. The molecule has 0 aromatic carbocycles. The Morgan fingerprint density at radius 3 is 2.48 bits per heavy atom. The molecule has 4 aromatic rings. The summed E-state index contributed by atoms with van der Waals surface area (Å²) in [5.41, 5.74) is 7.71. The van der Waals surface area contributed by atoms with Crippen molar-refractivity contribution in [1.82, 2.24) is 39.0 Å². The second kappa shape index (κ2) is 11.2. The minimum Gasteiger partial charge on any atom is -0.660 e. The van der Waals surface area contributed by atoms with E-state index in [-0.39, 0.29) is 29.0 Å². The summed E-state index contributed by atoms with van der Waals surface area (Å²) in [6, 6.07) is -0.922. The van der Waals surface area contributed by atoms with Crippen LogP contribution in [0, 0.1) is 12.8 Å². The van der Waals surface area contributed by atoms with E-state index in [9.17, 15) is 9.46 Å². The van der Waals surface area contributed by atoms with Gasteiger partial charge < -0.3 is 50.3 Å². The Bertz CT molecular complexity index is 1710. The number of aryl methyl sites for hydroxylation is 1. The number of nitrogen functional groups attached to an aromatic ring is 1. The van der Waals surface area contributed by atoms with E-state index in [1.54, 1.807) is 6.92 Å². The minimum atomic E-state index is -4.39. The third kappa shape index (κ3) is 5.34. The number of rotatable bonds is 2. The summed E-state index contributed by atoms with van der Waals surface area (Å²) in [5.74, 6) is -0.726. The number of nitrogens with two attached hydrogens (primary N) is 1. The van der Waals surface area contributed by atoms with Crippen molar-refractivity contribution in [3.05, 3.63) is 31.0 Å². The van der Waals surface area contributed by atoms with Crippen molar-refractivity contribution in [2.24, 2.45) is 5.92 Å². The molecule has 7 rings (SSSR count). The van der Waals surface area contributed by atoms with Gasteiger partial charge in [-0.15, -0.1) is 0 Å². The molecule has 0 bridgehead atoms. The predicted octanol–water partition coefficient (Wildman–Crippen LogP) is 2.38. The fraction of sp³-hybridized carbons (Fsp3) is 0.545. The van der Waals surface area contributed by atoms with Gasteiger partial charge in [0.2, 0.25) is 0 Å². The van der Waals surface area contributed by atoms with Gasteiger partial charge in [-0.1, -0.05) is 0 Å². The summed E-state index contributed by atoms with van der Waals surface area (Å²) in [7, 11) is 0. The average Bonchev–Trinajstić information content (AvgIpc) is 3.73. The molecule has 2 unspecified atom stereocenters. The SMILES string of the molecule is Cc1ncnc2c1ncn2[C@@H]1O[C@@H]2COP(O)(=S)O[C@@H]3[C@@H](COP(=O)([S-])O[C@H]2[C@H]1F)C[C@@H](n1cnc2c(N)ncnc21)[C@@H]3F. The van der Waals surface area contributed by atoms with Crippen molar-refractivity contribution >= 4 is 65.7 Å². The van der Waals surface area contributed by atoms with Crippen LogP contribution in [-0.4, -0.2) is 87.8 Å². The lowest BCUT2D eigenvalue weighted by molar-refractivity contribution is -0.0472. The molecule has 1 aliphatic carbocycles. The number of hydrogen-bond donors (Lipinski definition) is 2. The third-order valence-electron chi connectivity index (χ3n) is 7.87. The highest BCUT2D eigenvalue weighted by Crippen LogP contribution is 2.56. The maximum atomic E-state index is 16.1. The molecule has 3 fully saturated rings. The lowest BCUT2D eigenvalue weighted by Gasteiger charge is -2.33. The molecule has 2 saturated heterocycles. The van der Waals surface area contributed by atoms with E-state index in [0.717, 1.165) is 0 Å². The lowest BCUT2D eigenvalue weighted by Crippen LogP contribution is -2.35. The Labute approximate surface area is 257 Å². The first-order valence-corrected chi connectivity index (χ1v) is 18.4. The zero-order chi connectivity index (χ0) is 31.0. The molecule has 2 aliphatic heterocycles. The van der Waals surface area contributed by atoms with Crippen LogP contribution in [0.1, 0.15) is 24.4 Å². The van der Waals surface area contributed by atoms with Gasteiger partial charge in [-0.2, -0.15) is 0 Å². The average molecular weight is 691 g/mol. The number of imidazole rings is 2. The first kappa shape index (κ1) is 30.4. The van der Waals surface area contributed by atoms with Crippen LogP contribution in [-0.2, 0) is 51.5 Å². The van der Waals surface area contributed by atoms with Crippen molar-refractivity contribution in [3.8, 4) is 0 Å². The smallest absolute Gasteiger partial charge is 0.324 e. The maximum absolute atomic E-state index is 16.1. The summed E-state index contributed by atoms with van der Waals surface area (Å²) < 4.78 is 76.4. The van der Waals surface area contributed by atoms with Crippen molar-refractivity contribution in [3.63, 3.8) is 0 Å². The topological polar surface area (TPSA) is 197 Å². The van der Waals surface area contributed by atoms with E-state index in [0.29, 0.717) is 11.2 Å². The summed E-state index contributed by atoms with van der Waals surface area (Å²) in [6.45, 7) is -7.82. The summed E-state index contributed by atoms with van der Waals surface area (Å²) in [6.07, 6.45) is -4.07. The number of nitrogens with zero attached hydrogens (tertiary/aromatic N) is 8. The van der Waals surface area contributed by atoms with Crippen LogP contribution in [0.25, 0.3) is 22.3 Å². The summed E-state index contributed by atoms with van der Waals surface area (Å²) in [4.78, 5) is 35.7. The van der Waals surface area contributed by atoms with Crippen LogP contribution in [0.5, 0.6) is 0 Å². The summed E-state index contributed by atoms with van der Waals surface area (Å²) in [5, 5.41) is 0. The molecule has 4 aromatic heterocycles. The van der Waals surface area contributed by atoms with Crippen LogP contribution >= 0.6 is 13.5 Å². The third-order valence-corrected chi connectivity index (χ3v) is 11.0. The maximum Gasteiger partial charge on any atom is 0.324 e. The van der Waals surface area contributed by atoms with Gasteiger partial charge in [0, 0.05) is 5.92 Å². The van der Waals surface area contributed by atoms with E-state index in [4.69, 9.17) is 52.6 Å². The van der Waals surface area contributed by atoms with Gasteiger partial charge in [-0.05, 0) is 25.2 Å². The van der Waals surface area contributed by atoms with Crippen molar-refractivity contribution in [2.75, 3.05) is 18.9 Å². The quantitative estimate of drug-likeness (QED) is 0.230. The molecular weight excluding hydrogens is 666 g/mol. The number of hydrogen-bond acceptors (Lipinski definition) is 15. The zero-order valence-corrected chi connectivity index (χ0v) is 26.0. The van der Waals surface area contributed by atoms with Gasteiger partial charge in [-0.25, -0.2) is 38.7 Å². The monoisotopic (exact) mass is 690 g/mol. The van der Waals surface area contributed by atoms with E-state index in [2.05, 4.69) is 29.9 Å². The van der Waals surface area contributed by atoms with Crippen molar-refractivity contribution < 1.29 is 41.1 Å². The van der Waals surface area contributed by atoms with Gasteiger partial charge in [0.15, 0.2) is 36.3 Å². The van der Waals surface area contributed by atoms with E-state index < -0.39 is 75.6 Å². The standard InChI is InChI=1S/C22H25F2N9O7P2S2/c1-9-15-20(28-5-26-9)33(8-30-15)22-14(24)18-12(38-22)4-37-42(35,44)39-17-10(3-36-41(34,43)40-18)2-11(13(17)23)32-7-31-16-19(25)27-6-29-21(16)32/h5-8,10-14,17-18,22H,2-4H2,1H3,(H,34,43)(H,35,44)(H2,25,27,29)/p-1/t10-,11-,12-,13+,14-,17-,18-,22-,41?,42?/m1/s1. The van der Waals surface area contributed by atoms with Crippen LogP contribution in [0.3, 0.4) is 0 Å². The zero-order valence-electron chi connectivity index (χ0n) is 22.6. The second-order valence-corrected chi connectivity index (χ2v) is 16.0. The Morgan fingerprint density at radius 2 is 1.68 bits per heavy atom. The van der Waals surface area contributed by atoms with Gasteiger partial charge in [-0.3, -0.25) is 9.13 Å². The Morgan fingerprint density at radius 1 is 0.977 bits per heavy atom. The molecule has 1 saturated carbocycles. The first-order valence-electron chi connectivity index (χ1n) is 13.2. The molecule has 3 N–H and O–H groups in total. The van der Waals surface area contributed by atoms with E-state index in [1.807, 2.05) is 0 Å². The highest BCUT2D eigenvalue weighted by atomic mass is 32.7. The fourth-order valence-corrected chi connectivity index (χ4v) is 8.73. The molecule has 0 radical (unpaired) electrons. The normalized spacial score (nSPS) is 38.3. The van der Waals surface area contributed by atoms with Gasteiger partial charge >= 0.3 is 6.72 Å². The van der Waals surface area contributed by atoms with Gasteiger partial charge in [0.1, 0.15) is 48.2 Å². The highest BCUT2D eigenvalue weighted by molar-refractivity contribution is 8.32. The molecule has 236 valence electrons. The molecule has 44 heavy (non-hydrogen) atoms. The number of fused-ring (bicyclic) bond motifs is 4. The largest absolute Gasteiger partial charge is 0.660 e. The number of aromatic nitrogens is 8. The first-order chi connectivity index (χ1) is 20.9. The molecule has 0 amide bonds. The molecule has 0 spiro atoms. The molecule has 3 aliphatic rings. The van der Waals surface area contributed by atoms with Crippen molar-refractivity contribution in [1.29, 1.82) is 0 Å².